The number of hydrogen-bond donors (Lipinski definition) is 0. The molecule has 134 valence electrons. The summed E-state index contributed by atoms with van der Waals surface area (Å²) < 4.78 is 0. The van der Waals surface area contributed by atoms with Gasteiger partial charge >= 0.3 is 0 Å². The maximum atomic E-state index is 2.24. The van der Waals surface area contributed by atoms with E-state index in [1.807, 2.05) is 34.0 Å². The van der Waals surface area contributed by atoms with Crippen LogP contribution in [0.5, 0.6) is 0 Å². The van der Waals surface area contributed by atoms with E-state index in [9.17, 15) is 0 Å². The van der Waals surface area contributed by atoms with Gasteiger partial charge in [-0.3, -0.25) is 0 Å². The standard InChI is InChI=1S/C14H12S3.C8H16/c1-9-3-5-11(15-9)13-7-8-14(17-13)12-6-4-10(2)16-12;1-3-5-7-8-6-4-2/h3-8H,1-2H3;3,5H,4,6-8H2,1-2H3/b;5-3+. The van der Waals surface area contributed by atoms with Crippen LogP contribution in [0.4, 0.5) is 0 Å². The Kier molecular flexibility index (Phi) is 8.66. The van der Waals surface area contributed by atoms with Crippen molar-refractivity contribution >= 4 is 34.0 Å². The van der Waals surface area contributed by atoms with E-state index in [4.69, 9.17) is 0 Å². The lowest BCUT2D eigenvalue weighted by molar-refractivity contribution is 0.729. The third-order valence-electron chi connectivity index (χ3n) is 3.78. The first kappa shape index (κ1) is 20.2. The van der Waals surface area contributed by atoms with Crippen molar-refractivity contribution in [3.05, 3.63) is 58.3 Å². The lowest BCUT2D eigenvalue weighted by atomic mass is 10.2. The summed E-state index contributed by atoms with van der Waals surface area (Å²) in [4.78, 5) is 8.27. The van der Waals surface area contributed by atoms with E-state index in [-0.39, 0.29) is 0 Å². The molecule has 3 heteroatoms. The zero-order valence-electron chi connectivity index (χ0n) is 15.7. The Balaban J connectivity index is 0.000000242. The van der Waals surface area contributed by atoms with Crippen molar-refractivity contribution in [1.29, 1.82) is 0 Å². The maximum absolute atomic E-state index is 2.24. The minimum atomic E-state index is 1.27. The van der Waals surface area contributed by atoms with E-state index in [0.29, 0.717) is 0 Å². The first-order valence-electron chi connectivity index (χ1n) is 8.98. The third-order valence-corrected chi connectivity index (χ3v) is 7.26. The predicted octanol–water partition coefficient (Wildman–Crippen LogP) is 8.96. The van der Waals surface area contributed by atoms with Gasteiger partial charge in [0.2, 0.25) is 0 Å². The summed E-state index contributed by atoms with van der Waals surface area (Å²) in [6.45, 7) is 8.62. The molecule has 0 bridgehead atoms. The Morgan fingerprint density at radius 1 is 0.720 bits per heavy atom. The molecule has 0 spiro atoms. The second-order valence-electron chi connectivity index (χ2n) is 6.05. The Morgan fingerprint density at radius 3 is 1.60 bits per heavy atom. The lowest BCUT2D eigenvalue weighted by Crippen LogP contribution is -1.68. The highest BCUT2D eigenvalue weighted by Crippen LogP contribution is 2.39. The summed E-state index contributed by atoms with van der Waals surface area (Å²) in [7, 11) is 0. The van der Waals surface area contributed by atoms with Crippen LogP contribution < -0.4 is 0 Å². The summed E-state index contributed by atoms with van der Waals surface area (Å²) in [5, 5.41) is 0. The number of thiophene rings is 3. The van der Waals surface area contributed by atoms with Gasteiger partial charge < -0.3 is 0 Å². The number of allylic oxidation sites excluding steroid dienone is 2. The molecule has 0 aromatic carbocycles. The largest absolute Gasteiger partial charge is 0.140 e. The van der Waals surface area contributed by atoms with Gasteiger partial charge in [0.25, 0.3) is 0 Å². The van der Waals surface area contributed by atoms with Crippen molar-refractivity contribution in [2.45, 2.75) is 53.4 Å². The van der Waals surface area contributed by atoms with E-state index >= 15 is 0 Å². The second kappa shape index (κ2) is 10.7. The molecule has 0 amide bonds. The predicted molar refractivity (Wildman–Crippen MR) is 119 cm³/mol. The van der Waals surface area contributed by atoms with Crippen LogP contribution in [0, 0.1) is 13.8 Å². The summed E-state index contributed by atoms with van der Waals surface area (Å²) in [6, 6.07) is 13.3. The molecule has 0 radical (unpaired) electrons. The quantitative estimate of drug-likeness (QED) is 0.292. The number of hydrogen-bond acceptors (Lipinski definition) is 3. The molecular formula is C22H28S3. The number of unbranched alkanes of at least 4 members (excludes halogenated alkanes) is 3. The Morgan fingerprint density at radius 2 is 1.20 bits per heavy atom. The van der Waals surface area contributed by atoms with E-state index in [2.05, 4.69) is 76.2 Å². The molecule has 0 unspecified atom stereocenters. The molecule has 3 rings (SSSR count). The summed E-state index contributed by atoms with van der Waals surface area (Å²) in [5.74, 6) is 0. The minimum absolute atomic E-state index is 1.27. The first-order chi connectivity index (χ1) is 12.1. The number of aryl methyl sites for hydroxylation is 2. The molecule has 0 aliphatic carbocycles. The Hall–Kier alpha value is -1.16. The van der Waals surface area contributed by atoms with Crippen LogP contribution in [0.1, 0.15) is 49.3 Å². The van der Waals surface area contributed by atoms with E-state index in [1.54, 1.807) is 0 Å². The van der Waals surface area contributed by atoms with Gasteiger partial charge in [0.05, 0.1) is 0 Å². The average Bonchev–Trinajstić information content (AvgIpc) is 3.32. The van der Waals surface area contributed by atoms with Crippen LogP contribution in [0.3, 0.4) is 0 Å². The van der Waals surface area contributed by atoms with Crippen LogP contribution in [-0.4, -0.2) is 0 Å². The summed E-state index contributed by atoms with van der Waals surface area (Å²) in [6.07, 6.45) is 9.69. The van der Waals surface area contributed by atoms with Gasteiger partial charge in [-0.25, -0.2) is 0 Å². The molecular weight excluding hydrogens is 360 g/mol. The SMILES string of the molecule is C/C=C/CCCCC.Cc1ccc(-c2ccc(-c3ccc(C)s3)s2)s1. The second-order valence-corrected chi connectivity index (χ2v) is 9.71. The molecule has 3 aromatic heterocycles. The van der Waals surface area contributed by atoms with Gasteiger partial charge in [0, 0.05) is 29.3 Å². The van der Waals surface area contributed by atoms with Gasteiger partial charge in [-0.05, 0) is 70.0 Å². The lowest BCUT2D eigenvalue weighted by Gasteiger charge is -1.90. The Labute approximate surface area is 164 Å². The molecule has 0 aliphatic heterocycles. The smallest absolute Gasteiger partial charge is 0.0449 e. The van der Waals surface area contributed by atoms with Gasteiger partial charge in [-0.1, -0.05) is 31.9 Å². The Bertz CT molecular complexity index is 716. The van der Waals surface area contributed by atoms with E-state index in [0.717, 1.165) is 0 Å². The molecule has 0 saturated heterocycles. The van der Waals surface area contributed by atoms with Gasteiger partial charge in [-0.2, -0.15) is 0 Å². The fraction of sp³-hybridized carbons (Fsp3) is 0.364. The zero-order chi connectivity index (χ0) is 18.1. The highest BCUT2D eigenvalue weighted by atomic mass is 32.1. The van der Waals surface area contributed by atoms with Crippen molar-refractivity contribution in [3.63, 3.8) is 0 Å². The molecule has 0 saturated carbocycles. The highest BCUT2D eigenvalue weighted by molar-refractivity contribution is 7.26. The first-order valence-corrected chi connectivity index (χ1v) is 11.4. The van der Waals surface area contributed by atoms with Gasteiger partial charge in [0.15, 0.2) is 0 Å². The molecule has 0 N–H and O–H groups in total. The normalized spacial score (nSPS) is 10.9. The topological polar surface area (TPSA) is 0 Å². The summed E-state index contributed by atoms with van der Waals surface area (Å²) in [5.41, 5.74) is 0. The van der Waals surface area contributed by atoms with Crippen molar-refractivity contribution in [2.75, 3.05) is 0 Å². The van der Waals surface area contributed by atoms with Crippen LogP contribution >= 0.6 is 34.0 Å². The third kappa shape index (κ3) is 6.58. The van der Waals surface area contributed by atoms with Crippen molar-refractivity contribution < 1.29 is 0 Å². The molecule has 0 nitrogen and oxygen atoms in total. The molecule has 3 heterocycles. The van der Waals surface area contributed by atoms with Crippen molar-refractivity contribution in [1.82, 2.24) is 0 Å². The van der Waals surface area contributed by atoms with Crippen LogP contribution in [0.2, 0.25) is 0 Å². The van der Waals surface area contributed by atoms with Crippen molar-refractivity contribution in [3.8, 4) is 19.5 Å². The zero-order valence-corrected chi connectivity index (χ0v) is 18.1. The molecule has 0 atom stereocenters. The molecule has 3 aromatic rings. The molecule has 0 fully saturated rings. The fourth-order valence-electron chi connectivity index (χ4n) is 2.42. The van der Waals surface area contributed by atoms with E-state index < -0.39 is 0 Å². The summed E-state index contributed by atoms with van der Waals surface area (Å²) >= 11 is 5.62. The van der Waals surface area contributed by atoms with E-state index in [1.165, 1.54) is 54.9 Å². The average molecular weight is 389 g/mol. The van der Waals surface area contributed by atoms with Crippen molar-refractivity contribution in [2.24, 2.45) is 0 Å². The number of rotatable bonds is 6. The van der Waals surface area contributed by atoms with Crippen LogP contribution in [-0.2, 0) is 0 Å². The molecule has 25 heavy (non-hydrogen) atoms. The van der Waals surface area contributed by atoms with Crippen LogP contribution in [0.15, 0.2) is 48.6 Å². The van der Waals surface area contributed by atoms with Gasteiger partial charge in [0.1, 0.15) is 0 Å². The van der Waals surface area contributed by atoms with Crippen LogP contribution in [0.25, 0.3) is 19.5 Å². The van der Waals surface area contributed by atoms with Gasteiger partial charge in [-0.15, -0.1) is 34.0 Å². The molecule has 0 aliphatic rings. The monoisotopic (exact) mass is 388 g/mol. The maximum Gasteiger partial charge on any atom is 0.0449 e. The highest BCUT2D eigenvalue weighted by Gasteiger charge is 2.07. The fourth-order valence-corrected chi connectivity index (χ4v) is 5.34. The minimum Gasteiger partial charge on any atom is -0.140 e.